The molecule has 1 fully saturated rings. The average molecular weight is 499 g/mol. The molecule has 1 amide bonds. The van der Waals surface area contributed by atoms with Gasteiger partial charge in [-0.2, -0.15) is 0 Å². The van der Waals surface area contributed by atoms with Crippen molar-refractivity contribution >= 4 is 47.2 Å². The summed E-state index contributed by atoms with van der Waals surface area (Å²) in [6, 6.07) is -0.372. The van der Waals surface area contributed by atoms with E-state index >= 15 is 0 Å². The van der Waals surface area contributed by atoms with Crippen molar-refractivity contribution < 1.29 is 38.8 Å². The molecule has 2 N–H and O–H groups in total. The molecule has 0 saturated carbocycles. The molecule has 12 heteroatoms. The van der Waals surface area contributed by atoms with Gasteiger partial charge in [-0.05, 0) is 24.8 Å². The molecule has 0 spiro atoms. The third kappa shape index (κ3) is 5.24. The molecule has 0 aromatic carbocycles. The SMILES string of the molecule is CCCOC(=O)OCOC(=O)C1=C(S/C=C\c2scnc2CO)[C@H](C)[C@@H]2[C@@H]([C@@H](C)O)C(=O)N12. The van der Waals surface area contributed by atoms with Gasteiger partial charge in [-0.1, -0.05) is 25.6 Å². The molecule has 10 nitrogen and oxygen atoms in total. The summed E-state index contributed by atoms with van der Waals surface area (Å²) in [6.07, 6.45) is 0.580. The fraction of sp³-hybridized carbons (Fsp3) is 0.524. The van der Waals surface area contributed by atoms with Gasteiger partial charge in [-0.15, -0.1) is 11.3 Å². The molecule has 3 rings (SSSR count). The molecule has 1 aromatic heterocycles. The largest absolute Gasteiger partial charge is 0.511 e. The first-order valence-corrected chi connectivity index (χ1v) is 12.2. The summed E-state index contributed by atoms with van der Waals surface area (Å²) < 4.78 is 14.6. The van der Waals surface area contributed by atoms with E-state index in [-0.39, 0.29) is 36.8 Å². The number of β-lactam (4-membered cyclic amide) rings is 1. The lowest BCUT2D eigenvalue weighted by Crippen LogP contribution is -2.63. The van der Waals surface area contributed by atoms with E-state index < -0.39 is 30.9 Å². The molecule has 2 aliphatic heterocycles. The summed E-state index contributed by atoms with van der Waals surface area (Å²) >= 11 is 2.61. The van der Waals surface area contributed by atoms with Crippen LogP contribution >= 0.6 is 23.1 Å². The number of fused-ring (bicyclic) bond motifs is 1. The number of aromatic nitrogens is 1. The van der Waals surface area contributed by atoms with Crippen LogP contribution in [0, 0.1) is 11.8 Å². The number of amides is 1. The summed E-state index contributed by atoms with van der Waals surface area (Å²) in [6.45, 7) is 4.60. The number of thiazole rings is 1. The lowest BCUT2D eigenvalue weighted by molar-refractivity contribution is -0.166. The van der Waals surface area contributed by atoms with E-state index in [9.17, 15) is 24.6 Å². The second-order valence-corrected chi connectivity index (χ2v) is 9.34. The van der Waals surface area contributed by atoms with Crippen LogP contribution in [0.25, 0.3) is 6.08 Å². The Morgan fingerprint density at radius 2 is 2.12 bits per heavy atom. The Bertz CT molecular complexity index is 958. The van der Waals surface area contributed by atoms with Crippen LogP contribution in [0.2, 0.25) is 0 Å². The van der Waals surface area contributed by atoms with Gasteiger partial charge in [0.05, 0.1) is 47.4 Å². The van der Waals surface area contributed by atoms with Crippen LogP contribution in [0.4, 0.5) is 4.79 Å². The first-order chi connectivity index (χ1) is 15.8. The van der Waals surface area contributed by atoms with Crippen molar-refractivity contribution in [2.45, 2.75) is 45.9 Å². The van der Waals surface area contributed by atoms with E-state index in [0.29, 0.717) is 17.0 Å². The highest BCUT2D eigenvalue weighted by molar-refractivity contribution is 8.06. The number of nitrogens with zero attached hydrogens (tertiary/aromatic N) is 2. The van der Waals surface area contributed by atoms with Gasteiger partial charge in [0.2, 0.25) is 12.7 Å². The van der Waals surface area contributed by atoms with Gasteiger partial charge in [-0.3, -0.25) is 4.79 Å². The number of aliphatic hydroxyl groups excluding tert-OH is 2. The second kappa shape index (κ2) is 11.1. The smallest absolute Gasteiger partial charge is 0.434 e. The number of esters is 1. The van der Waals surface area contributed by atoms with E-state index in [1.54, 1.807) is 23.9 Å². The highest BCUT2D eigenvalue weighted by atomic mass is 32.2. The first kappa shape index (κ1) is 25.2. The number of carbonyl (C=O) groups excluding carboxylic acids is 3. The zero-order chi connectivity index (χ0) is 24.1. The normalized spacial score (nSPS) is 22.9. The van der Waals surface area contributed by atoms with Crippen molar-refractivity contribution in [1.29, 1.82) is 0 Å². The Morgan fingerprint density at radius 1 is 1.36 bits per heavy atom. The molecule has 0 radical (unpaired) electrons. The topological polar surface area (TPSA) is 135 Å². The summed E-state index contributed by atoms with van der Waals surface area (Å²) in [4.78, 5) is 43.8. The predicted molar refractivity (Wildman–Crippen MR) is 120 cm³/mol. The van der Waals surface area contributed by atoms with E-state index in [4.69, 9.17) is 14.2 Å². The fourth-order valence-electron chi connectivity index (χ4n) is 3.80. The average Bonchev–Trinajstić information content (AvgIpc) is 3.32. The molecule has 4 atom stereocenters. The zero-order valence-electron chi connectivity index (χ0n) is 18.4. The van der Waals surface area contributed by atoms with E-state index in [0.717, 1.165) is 4.88 Å². The van der Waals surface area contributed by atoms with Gasteiger partial charge in [0.1, 0.15) is 5.70 Å². The van der Waals surface area contributed by atoms with Crippen molar-refractivity contribution in [2.75, 3.05) is 13.4 Å². The quantitative estimate of drug-likeness (QED) is 0.281. The minimum Gasteiger partial charge on any atom is -0.434 e. The molecule has 1 aromatic rings. The molecular weight excluding hydrogens is 472 g/mol. The van der Waals surface area contributed by atoms with Gasteiger partial charge < -0.3 is 29.3 Å². The van der Waals surface area contributed by atoms with Crippen LogP contribution in [-0.4, -0.2) is 63.7 Å². The standard InChI is InChI=1S/C21H26N2O8S2/c1-4-6-29-21(28)31-10-30-20(27)17-18(32-7-5-14-13(8-24)22-9-33-14)11(2)16-15(12(3)25)19(26)23(16)17/h5,7,9,11-12,15-16,24-25H,4,6,8,10H2,1-3H3/b7-5-/t11-,12-,15-,16-/m1/s1. The minimum atomic E-state index is -0.952. The van der Waals surface area contributed by atoms with Gasteiger partial charge in [0, 0.05) is 10.8 Å². The monoisotopic (exact) mass is 498 g/mol. The van der Waals surface area contributed by atoms with Crippen LogP contribution < -0.4 is 0 Å². The summed E-state index contributed by atoms with van der Waals surface area (Å²) in [5, 5.41) is 21.1. The molecule has 2 aliphatic rings. The summed E-state index contributed by atoms with van der Waals surface area (Å²) in [5.74, 6) is -2.02. The third-order valence-electron chi connectivity index (χ3n) is 5.33. The highest BCUT2D eigenvalue weighted by Crippen LogP contribution is 2.51. The highest BCUT2D eigenvalue weighted by Gasteiger charge is 2.60. The van der Waals surface area contributed by atoms with E-state index in [1.165, 1.54) is 28.0 Å². The Kier molecular flexibility index (Phi) is 8.51. The van der Waals surface area contributed by atoms with Gasteiger partial charge in [0.25, 0.3) is 0 Å². The summed E-state index contributed by atoms with van der Waals surface area (Å²) in [7, 11) is 0. The predicted octanol–water partition coefficient (Wildman–Crippen LogP) is 2.47. The van der Waals surface area contributed by atoms with E-state index in [2.05, 4.69) is 4.98 Å². The van der Waals surface area contributed by atoms with Gasteiger partial charge >= 0.3 is 12.1 Å². The number of aliphatic hydroxyl groups is 2. The minimum absolute atomic E-state index is 0.0706. The van der Waals surface area contributed by atoms with Crippen molar-refractivity contribution in [1.82, 2.24) is 9.88 Å². The number of rotatable bonds is 10. The Labute approximate surface area is 199 Å². The number of ether oxygens (including phenoxy) is 3. The maximum atomic E-state index is 12.9. The third-order valence-corrected chi connectivity index (χ3v) is 7.26. The van der Waals surface area contributed by atoms with Crippen molar-refractivity contribution in [3.05, 3.63) is 32.1 Å². The van der Waals surface area contributed by atoms with Gasteiger partial charge in [0.15, 0.2) is 0 Å². The summed E-state index contributed by atoms with van der Waals surface area (Å²) in [5.41, 5.74) is 2.24. The molecule has 1 saturated heterocycles. The number of hydrogen-bond acceptors (Lipinski definition) is 11. The second-order valence-electron chi connectivity index (χ2n) is 7.50. The maximum absolute atomic E-state index is 12.9. The lowest BCUT2D eigenvalue weighted by atomic mass is 9.79. The maximum Gasteiger partial charge on any atom is 0.511 e. The van der Waals surface area contributed by atoms with Crippen molar-refractivity contribution in [3.63, 3.8) is 0 Å². The molecule has 33 heavy (non-hydrogen) atoms. The zero-order valence-corrected chi connectivity index (χ0v) is 20.1. The van der Waals surface area contributed by atoms with Crippen LogP contribution in [0.5, 0.6) is 0 Å². The first-order valence-electron chi connectivity index (χ1n) is 10.4. The molecule has 0 unspecified atom stereocenters. The molecule has 3 heterocycles. The Balaban J connectivity index is 1.76. The Morgan fingerprint density at radius 3 is 2.79 bits per heavy atom. The van der Waals surface area contributed by atoms with Crippen LogP contribution in [0.3, 0.4) is 0 Å². The number of thioether (sulfide) groups is 1. The molecule has 0 bridgehead atoms. The molecule has 0 aliphatic carbocycles. The van der Waals surface area contributed by atoms with Crippen LogP contribution in [-0.2, 0) is 30.4 Å². The van der Waals surface area contributed by atoms with Crippen LogP contribution in [0.15, 0.2) is 21.5 Å². The van der Waals surface area contributed by atoms with E-state index in [1.807, 2.05) is 13.8 Å². The lowest BCUT2D eigenvalue weighted by Gasteiger charge is -2.46. The van der Waals surface area contributed by atoms with Gasteiger partial charge in [-0.25, -0.2) is 14.6 Å². The Hall–Kier alpha value is -2.41. The van der Waals surface area contributed by atoms with Crippen molar-refractivity contribution in [3.8, 4) is 0 Å². The van der Waals surface area contributed by atoms with Crippen LogP contribution in [0.1, 0.15) is 37.8 Å². The number of carbonyl (C=O) groups is 3. The fourth-order valence-corrected chi connectivity index (χ4v) is 5.58. The molecule has 180 valence electrons. The van der Waals surface area contributed by atoms with Crippen molar-refractivity contribution in [2.24, 2.45) is 11.8 Å². The molecular formula is C21H26N2O8S2. The number of hydrogen-bond donors (Lipinski definition) is 2.